The fourth-order valence-electron chi connectivity index (χ4n) is 2.27. The summed E-state index contributed by atoms with van der Waals surface area (Å²) in [6.07, 6.45) is 1.84. The Morgan fingerprint density at radius 3 is 2.46 bits per heavy atom. The lowest BCUT2D eigenvalue weighted by atomic mass is 10.1. The number of nitrogens with zero attached hydrogens (tertiary/aromatic N) is 2. The number of halogens is 4. The average Bonchev–Trinajstić information content (AvgIpc) is 2.94. The van der Waals surface area contributed by atoms with E-state index in [4.69, 9.17) is 4.42 Å². The second kappa shape index (κ2) is 6.31. The van der Waals surface area contributed by atoms with Gasteiger partial charge >= 0.3 is 0 Å². The summed E-state index contributed by atoms with van der Waals surface area (Å²) < 4.78 is 58.8. The molecule has 2 aromatic heterocycles. The van der Waals surface area contributed by atoms with E-state index in [-0.39, 0.29) is 0 Å². The van der Waals surface area contributed by atoms with Crippen molar-refractivity contribution in [3.05, 3.63) is 59.1 Å². The quantitative estimate of drug-likeness (QED) is 0.332. The number of anilines is 1. The van der Waals surface area contributed by atoms with Crippen LogP contribution in [0, 0.1) is 23.5 Å². The largest absolute Gasteiger partial charge is 0.460 e. The van der Waals surface area contributed by atoms with Crippen LogP contribution in [0.5, 0.6) is 0 Å². The van der Waals surface area contributed by atoms with Gasteiger partial charge in [0.1, 0.15) is 17.0 Å². The summed E-state index contributed by atoms with van der Waals surface area (Å²) in [5, 5.41) is 4.43. The predicted molar refractivity (Wildman–Crippen MR) is 80.9 cm³/mol. The molecule has 0 fully saturated rings. The molecular weight excluding hydrogens is 326 g/mol. The van der Waals surface area contributed by atoms with Crippen molar-refractivity contribution in [2.45, 2.75) is 13.3 Å². The van der Waals surface area contributed by atoms with Crippen LogP contribution in [-0.4, -0.2) is 11.2 Å². The maximum Gasteiger partial charge on any atom is 0.254 e. The summed E-state index contributed by atoms with van der Waals surface area (Å²) in [7, 11) is 0. The number of nitrogens with one attached hydrogen (secondary N) is 1. The fraction of sp³-hybridized carbons (Fsp3) is 0.125. The molecule has 0 bridgehead atoms. The van der Waals surface area contributed by atoms with Gasteiger partial charge in [-0.15, -0.1) is 0 Å². The Balaban J connectivity index is 1.96. The Kier molecular flexibility index (Phi) is 4.20. The second-order valence-electron chi connectivity index (χ2n) is 4.86. The third-order valence-electron chi connectivity index (χ3n) is 3.40. The molecule has 2 heterocycles. The Hall–Kier alpha value is -2.90. The number of rotatable bonds is 4. The Morgan fingerprint density at radius 1 is 1.12 bits per heavy atom. The minimum Gasteiger partial charge on any atom is -0.460 e. The summed E-state index contributed by atoms with van der Waals surface area (Å²) in [5.74, 6) is -6.20. The molecule has 0 aliphatic rings. The van der Waals surface area contributed by atoms with Gasteiger partial charge in [0.25, 0.3) is 11.9 Å². The van der Waals surface area contributed by atoms with Gasteiger partial charge in [0.2, 0.25) is 11.6 Å². The van der Waals surface area contributed by atoms with Gasteiger partial charge in [0.15, 0.2) is 0 Å². The lowest BCUT2D eigenvalue weighted by Crippen LogP contribution is -2.06. The number of fused-ring (bicyclic) bond motifs is 1. The molecule has 0 aliphatic heterocycles. The van der Waals surface area contributed by atoms with Crippen molar-refractivity contribution in [2.24, 2.45) is 5.10 Å². The highest BCUT2D eigenvalue weighted by Crippen LogP contribution is 2.25. The van der Waals surface area contributed by atoms with Gasteiger partial charge in [-0.3, -0.25) is 5.43 Å². The maximum absolute atomic E-state index is 13.5. The number of aryl methyl sites for hydroxylation is 1. The summed E-state index contributed by atoms with van der Waals surface area (Å²) >= 11 is 0. The van der Waals surface area contributed by atoms with E-state index >= 15 is 0 Å². The zero-order valence-corrected chi connectivity index (χ0v) is 12.4. The van der Waals surface area contributed by atoms with Crippen molar-refractivity contribution in [3.63, 3.8) is 0 Å². The van der Waals surface area contributed by atoms with Crippen molar-refractivity contribution in [3.8, 4) is 0 Å². The van der Waals surface area contributed by atoms with Crippen molar-refractivity contribution in [1.82, 2.24) is 4.98 Å². The highest BCUT2D eigenvalue weighted by atomic mass is 19.2. The van der Waals surface area contributed by atoms with Crippen LogP contribution in [0.3, 0.4) is 0 Å². The summed E-state index contributed by atoms with van der Waals surface area (Å²) in [6, 6.07) is 7.17. The van der Waals surface area contributed by atoms with Crippen LogP contribution in [0.25, 0.3) is 11.0 Å². The van der Waals surface area contributed by atoms with Crippen LogP contribution < -0.4 is 5.43 Å². The van der Waals surface area contributed by atoms with Crippen molar-refractivity contribution in [1.29, 1.82) is 0 Å². The molecule has 124 valence electrons. The minimum absolute atomic E-state index is 0.567. The van der Waals surface area contributed by atoms with E-state index in [1.807, 2.05) is 12.3 Å². The third kappa shape index (κ3) is 2.70. The molecule has 0 saturated carbocycles. The summed E-state index contributed by atoms with van der Waals surface area (Å²) in [5.41, 5.74) is 2.16. The Morgan fingerprint density at radius 2 is 1.79 bits per heavy atom. The molecule has 4 nitrogen and oxygen atoms in total. The van der Waals surface area contributed by atoms with E-state index in [0.29, 0.717) is 23.3 Å². The third-order valence-corrected chi connectivity index (χ3v) is 3.40. The molecule has 0 radical (unpaired) electrons. The standard InChI is InChI=1S/C16H11F4N3O/c1-2-10-9(8-5-3-4-6-11(8)24-10)7-21-23-14-12(17)15(19)22-16(20)13(14)18/h3-7H,2H2,1H3,(H,22,23)/b21-7-. The summed E-state index contributed by atoms with van der Waals surface area (Å²) in [4.78, 5) is 2.47. The van der Waals surface area contributed by atoms with Crippen molar-refractivity contribution < 1.29 is 22.0 Å². The molecule has 1 N–H and O–H groups in total. The Bertz CT molecular complexity index is 910. The first-order chi connectivity index (χ1) is 11.5. The topological polar surface area (TPSA) is 50.4 Å². The Labute approximate surface area is 133 Å². The molecule has 0 atom stereocenters. The van der Waals surface area contributed by atoms with Crippen LogP contribution in [0.15, 0.2) is 33.8 Å². The molecule has 1 aromatic carbocycles. The molecular formula is C16H11F4N3O. The number of hydrogen-bond acceptors (Lipinski definition) is 4. The van der Waals surface area contributed by atoms with Crippen LogP contribution in [0.1, 0.15) is 18.2 Å². The SMILES string of the molecule is CCc1oc2ccccc2c1/C=N\Nc1c(F)c(F)nc(F)c1F. The normalized spacial score (nSPS) is 11.5. The van der Waals surface area contributed by atoms with Crippen LogP contribution in [0.4, 0.5) is 23.2 Å². The zero-order valence-electron chi connectivity index (χ0n) is 12.4. The fourth-order valence-corrected chi connectivity index (χ4v) is 2.27. The first-order valence-electron chi connectivity index (χ1n) is 7.02. The second-order valence-corrected chi connectivity index (χ2v) is 4.86. The molecule has 0 spiro atoms. The average molecular weight is 337 g/mol. The predicted octanol–water partition coefficient (Wildman–Crippen LogP) is 4.39. The maximum atomic E-state index is 13.5. The van der Waals surface area contributed by atoms with Gasteiger partial charge in [-0.05, 0) is 6.07 Å². The number of hydrazone groups is 1. The van der Waals surface area contributed by atoms with E-state index in [0.717, 1.165) is 5.39 Å². The molecule has 8 heteroatoms. The van der Waals surface area contributed by atoms with Gasteiger partial charge in [0.05, 0.1) is 6.21 Å². The molecule has 3 aromatic rings. The molecule has 0 saturated heterocycles. The number of pyridine rings is 1. The van der Waals surface area contributed by atoms with Crippen molar-refractivity contribution in [2.75, 3.05) is 5.43 Å². The van der Waals surface area contributed by atoms with E-state index in [9.17, 15) is 17.6 Å². The van der Waals surface area contributed by atoms with Crippen LogP contribution >= 0.6 is 0 Å². The molecule has 0 unspecified atom stereocenters. The smallest absolute Gasteiger partial charge is 0.254 e. The van der Waals surface area contributed by atoms with Gasteiger partial charge in [-0.25, -0.2) is 0 Å². The van der Waals surface area contributed by atoms with E-state index < -0.39 is 29.2 Å². The van der Waals surface area contributed by atoms with E-state index in [1.54, 1.807) is 24.3 Å². The van der Waals surface area contributed by atoms with Crippen LogP contribution in [0.2, 0.25) is 0 Å². The summed E-state index contributed by atoms with van der Waals surface area (Å²) in [6.45, 7) is 1.87. The van der Waals surface area contributed by atoms with E-state index in [1.165, 1.54) is 6.21 Å². The first kappa shape index (κ1) is 16.0. The van der Waals surface area contributed by atoms with Gasteiger partial charge in [0, 0.05) is 17.4 Å². The minimum atomic E-state index is -1.75. The monoisotopic (exact) mass is 337 g/mol. The molecule has 0 amide bonds. The number of hydrogen-bond donors (Lipinski definition) is 1. The number of para-hydroxylation sites is 1. The van der Waals surface area contributed by atoms with Gasteiger partial charge in [-0.2, -0.15) is 27.6 Å². The lowest BCUT2D eigenvalue weighted by molar-refractivity contribution is 0.411. The zero-order chi connectivity index (χ0) is 17.3. The van der Waals surface area contributed by atoms with Gasteiger partial charge < -0.3 is 4.42 Å². The van der Waals surface area contributed by atoms with Crippen molar-refractivity contribution >= 4 is 22.9 Å². The molecule has 0 aliphatic carbocycles. The highest BCUT2D eigenvalue weighted by Gasteiger charge is 2.20. The van der Waals surface area contributed by atoms with E-state index in [2.05, 4.69) is 10.1 Å². The first-order valence-corrected chi connectivity index (χ1v) is 7.02. The van der Waals surface area contributed by atoms with Crippen LogP contribution in [-0.2, 0) is 6.42 Å². The van der Waals surface area contributed by atoms with Gasteiger partial charge in [-0.1, -0.05) is 25.1 Å². The molecule has 24 heavy (non-hydrogen) atoms. The highest BCUT2D eigenvalue weighted by molar-refractivity contribution is 5.99. The number of furan rings is 1. The number of aromatic nitrogens is 1. The lowest BCUT2D eigenvalue weighted by Gasteiger charge is -2.04. The molecule has 3 rings (SSSR count). The number of benzene rings is 1.